The molecule has 1 amide bonds. The first-order valence-corrected chi connectivity index (χ1v) is 10.1. The SMILES string of the molecule is CC(C)(C)OC(=O)N1CCC(N2CCC(N3CCNCC3)CC2)CC1. The number of amides is 1. The summed E-state index contributed by atoms with van der Waals surface area (Å²) in [5.41, 5.74) is -0.403. The van der Waals surface area contributed by atoms with E-state index in [1.54, 1.807) is 0 Å². The molecule has 3 fully saturated rings. The Morgan fingerprint density at radius 1 is 0.840 bits per heavy atom. The monoisotopic (exact) mass is 352 g/mol. The summed E-state index contributed by atoms with van der Waals surface area (Å²) in [4.78, 5) is 19.4. The molecule has 0 bridgehead atoms. The third-order valence-electron chi connectivity index (χ3n) is 5.80. The van der Waals surface area contributed by atoms with Gasteiger partial charge in [0, 0.05) is 51.4 Å². The molecular formula is C19H36N4O2. The summed E-state index contributed by atoms with van der Waals surface area (Å²) in [7, 11) is 0. The van der Waals surface area contributed by atoms with Crippen molar-refractivity contribution in [2.24, 2.45) is 0 Å². The molecule has 6 heteroatoms. The molecule has 3 heterocycles. The highest BCUT2D eigenvalue weighted by atomic mass is 16.6. The average molecular weight is 353 g/mol. The van der Waals surface area contributed by atoms with Crippen molar-refractivity contribution in [1.29, 1.82) is 0 Å². The minimum absolute atomic E-state index is 0.150. The van der Waals surface area contributed by atoms with Crippen molar-refractivity contribution in [2.45, 2.75) is 64.1 Å². The van der Waals surface area contributed by atoms with Gasteiger partial charge in [0.15, 0.2) is 0 Å². The van der Waals surface area contributed by atoms with Gasteiger partial charge in [-0.1, -0.05) is 0 Å². The molecule has 0 aromatic heterocycles. The Balaban J connectivity index is 1.40. The van der Waals surface area contributed by atoms with Crippen molar-refractivity contribution in [2.75, 3.05) is 52.4 Å². The second kappa shape index (κ2) is 8.23. The lowest BCUT2D eigenvalue weighted by atomic mass is 9.97. The van der Waals surface area contributed by atoms with Crippen LogP contribution in [0.15, 0.2) is 0 Å². The van der Waals surface area contributed by atoms with Crippen LogP contribution in [-0.4, -0.2) is 90.8 Å². The molecule has 0 aliphatic carbocycles. The van der Waals surface area contributed by atoms with Crippen LogP contribution in [0.25, 0.3) is 0 Å². The van der Waals surface area contributed by atoms with E-state index in [9.17, 15) is 4.79 Å². The first-order chi connectivity index (χ1) is 11.9. The van der Waals surface area contributed by atoms with Crippen molar-refractivity contribution in [3.05, 3.63) is 0 Å². The normalized spacial score (nSPS) is 26.0. The number of carbonyl (C=O) groups is 1. The largest absolute Gasteiger partial charge is 0.444 e. The van der Waals surface area contributed by atoms with Gasteiger partial charge in [-0.25, -0.2) is 4.79 Å². The number of carbonyl (C=O) groups excluding carboxylic acids is 1. The summed E-state index contributed by atoms with van der Waals surface area (Å²) in [5.74, 6) is 0. The van der Waals surface area contributed by atoms with Gasteiger partial charge in [-0.05, 0) is 59.5 Å². The Morgan fingerprint density at radius 3 is 1.84 bits per heavy atom. The van der Waals surface area contributed by atoms with Gasteiger partial charge in [0.05, 0.1) is 0 Å². The molecule has 3 aliphatic heterocycles. The summed E-state index contributed by atoms with van der Waals surface area (Å²) >= 11 is 0. The van der Waals surface area contributed by atoms with E-state index in [1.165, 1.54) is 39.0 Å². The maximum absolute atomic E-state index is 12.2. The number of hydrogen-bond donors (Lipinski definition) is 1. The average Bonchev–Trinajstić information content (AvgIpc) is 2.61. The molecule has 1 N–H and O–H groups in total. The minimum atomic E-state index is -0.403. The second-order valence-corrected chi connectivity index (χ2v) is 8.75. The third kappa shape index (κ3) is 5.31. The fraction of sp³-hybridized carbons (Fsp3) is 0.947. The van der Waals surface area contributed by atoms with Gasteiger partial charge in [0.25, 0.3) is 0 Å². The van der Waals surface area contributed by atoms with E-state index in [4.69, 9.17) is 4.74 Å². The van der Waals surface area contributed by atoms with E-state index >= 15 is 0 Å². The van der Waals surface area contributed by atoms with E-state index < -0.39 is 5.60 Å². The molecule has 6 nitrogen and oxygen atoms in total. The van der Waals surface area contributed by atoms with E-state index in [0.717, 1.165) is 45.1 Å². The van der Waals surface area contributed by atoms with Gasteiger partial charge in [-0.2, -0.15) is 0 Å². The van der Waals surface area contributed by atoms with E-state index in [-0.39, 0.29) is 6.09 Å². The van der Waals surface area contributed by atoms with Crippen LogP contribution >= 0.6 is 0 Å². The smallest absolute Gasteiger partial charge is 0.410 e. The first kappa shape index (κ1) is 18.9. The van der Waals surface area contributed by atoms with Crippen molar-refractivity contribution in [3.8, 4) is 0 Å². The van der Waals surface area contributed by atoms with Crippen LogP contribution in [0, 0.1) is 0 Å². The Morgan fingerprint density at radius 2 is 1.32 bits per heavy atom. The highest BCUT2D eigenvalue weighted by molar-refractivity contribution is 5.68. The number of likely N-dealkylation sites (tertiary alicyclic amines) is 2. The first-order valence-electron chi connectivity index (χ1n) is 10.1. The standard InChI is InChI=1S/C19H36N4O2/c1-19(2,3)25-18(24)23-12-6-16(7-13-23)21-10-4-17(5-11-21)22-14-8-20-9-15-22/h16-17,20H,4-15H2,1-3H3. The zero-order valence-corrected chi connectivity index (χ0v) is 16.3. The number of ether oxygens (including phenoxy) is 1. The van der Waals surface area contributed by atoms with Crippen LogP contribution in [0.3, 0.4) is 0 Å². The molecule has 3 rings (SSSR count). The van der Waals surface area contributed by atoms with Crippen LogP contribution in [0.1, 0.15) is 46.5 Å². The number of nitrogens with one attached hydrogen (secondary N) is 1. The van der Waals surface area contributed by atoms with Crippen LogP contribution in [0.2, 0.25) is 0 Å². The zero-order valence-electron chi connectivity index (χ0n) is 16.3. The molecule has 0 saturated carbocycles. The lowest BCUT2D eigenvalue weighted by molar-refractivity contribution is 0.00958. The zero-order chi connectivity index (χ0) is 17.9. The van der Waals surface area contributed by atoms with Crippen LogP contribution < -0.4 is 5.32 Å². The molecule has 0 spiro atoms. The lowest BCUT2D eigenvalue weighted by Gasteiger charge is -2.44. The summed E-state index contributed by atoms with van der Waals surface area (Å²) in [6, 6.07) is 1.42. The molecule has 144 valence electrons. The van der Waals surface area contributed by atoms with Gasteiger partial charge in [0.1, 0.15) is 5.60 Å². The number of nitrogens with zero attached hydrogens (tertiary/aromatic N) is 3. The fourth-order valence-electron chi connectivity index (χ4n) is 4.40. The Hall–Kier alpha value is -0.850. The highest BCUT2D eigenvalue weighted by Gasteiger charge is 2.32. The number of hydrogen-bond acceptors (Lipinski definition) is 5. The van der Waals surface area contributed by atoms with Crippen molar-refractivity contribution in [1.82, 2.24) is 20.0 Å². The molecule has 3 aliphatic rings. The van der Waals surface area contributed by atoms with Gasteiger partial charge < -0.3 is 19.9 Å². The van der Waals surface area contributed by atoms with Gasteiger partial charge >= 0.3 is 6.09 Å². The topological polar surface area (TPSA) is 48.1 Å². The minimum Gasteiger partial charge on any atom is -0.444 e. The third-order valence-corrected chi connectivity index (χ3v) is 5.80. The molecule has 0 unspecified atom stereocenters. The number of piperazine rings is 1. The van der Waals surface area contributed by atoms with Crippen LogP contribution in [0.4, 0.5) is 4.79 Å². The van der Waals surface area contributed by atoms with E-state index in [2.05, 4.69) is 15.1 Å². The summed E-state index contributed by atoms with van der Waals surface area (Å²) in [5, 5.41) is 3.45. The maximum Gasteiger partial charge on any atom is 0.410 e. The molecule has 0 radical (unpaired) electrons. The van der Waals surface area contributed by atoms with Gasteiger partial charge in [-0.3, -0.25) is 4.90 Å². The predicted octanol–water partition coefficient (Wildman–Crippen LogP) is 1.76. The molecule has 25 heavy (non-hydrogen) atoms. The Labute approximate surface area is 152 Å². The maximum atomic E-state index is 12.2. The van der Waals surface area contributed by atoms with Crippen LogP contribution in [-0.2, 0) is 4.74 Å². The number of rotatable bonds is 2. The Kier molecular flexibility index (Phi) is 6.23. The van der Waals surface area contributed by atoms with Crippen LogP contribution in [0.5, 0.6) is 0 Å². The molecule has 3 saturated heterocycles. The van der Waals surface area contributed by atoms with Crippen molar-refractivity contribution < 1.29 is 9.53 Å². The fourth-order valence-corrected chi connectivity index (χ4v) is 4.40. The summed E-state index contributed by atoms with van der Waals surface area (Å²) < 4.78 is 5.50. The van der Waals surface area contributed by atoms with E-state index in [0.29, 0.717) is 6.04 Å². The van der Waals surface area contributed by atoms with Crippen molar-refractivity contribution in [3.63, 3.8) is 0 Å². The van der Waals surface area contributed by atoms with Gasteiger partial charge in [-0.15, -0.1) is 0 Å². The lowest BCUT2D eigenvalue weighted by Crippen LogP contribution is -2.54. The Bertz CT molecular complexity index is 429. The summed E-state index contributed by atoms with van der Waals surface area (Å²) in [6.07, 6.45) is 4.61. The van der Waals surface area contributed by atoms with E-state index in [1.807, 2.05) is 25.7 Å². The summed E-state index contributed by atoms with van der Waals surface area (Å²) in [6.45, 7) is 14.6. The number of piperidine rings is 2. The van der Waals surface area contributed by atoms with Crippen molar-refractivity contribution >= 4 is 6.09 Å². The molecular weight excluding hydrogens is 316 g/mol. The predicted molar refractivity (Wildman–Crippen MR) is 99.9 cm³/mol. The molecule has 0 aromatic carbocycles. The molecule has 0 atom stereocenters. The molecule has 0 aromatic rings. The highest BCUT2D eigenvalue weighted by Crippen LogP contribution is 2.24. The quantitative estimate of drug-likeness (QED) is 0.821. The van der Waals surface area contributed by atoms with Gasteiger partial charge in [0.2, 0.25) is 0 Å². The second-order valence-electron chi connectivity index (χ2n) is 8.75.